The number of nitrogens with one attached hydrogen (secondary N) is 1. The lowest BCUT2D eigenvalue weighted by atomic mass is 10.3. The van der Waals surface area contributed by atoms with Crippen molar-refractivity contribution in [2.75, 3.05) is 45.0 Å². The standard InChI is InChI=1S/C20H29N5OS/c1-2-21-20(22-10-6-16-27-19-7-4-3-5-8-19)25-13-11-24(12-14-25)17-18-9-15-26-23-18/h3-5,7-9,15H,2,6,10-14,16-17H2,1H3,(H,21,22). The third-order valence-electron chi connectivity index (χ3n) is 4.46. The summed E-state index contributed by atoms with van der Waals surface area (Å²) in [5.41, 5.74) is 1.000. The fourth-order valence-electron chi connectivity index (χ4n) is 3.05. The summed E-state index contributed by atoms with van der Waals surface area (Å²) in [5.74, 6) is 2.14. The van der Waals surface area contributed by atoms with E-state index in [0.717, 1.165) is 69.6 Å². The molecule has 0 spiro atoms. The average molecular weight is 388 g/mol. The minimum atomic E-state index is 0.856. The van der Waals surface area contributed by atoms with Gasteiger partial charge in [0, 0.05) is 56.8 Å². The number of guanidine groups is 1. The van der Waals surface area contributed by atoms with Crippen molar-refractivity contribution in [2.45, 2.75) is 24.8 Å². The molecule has 0 atom stereocenters. The van der Waals surface area contributed by atoms with Crippen molar-refractivity contribution in [1.29, 1.82) is 0 Å². The lowest BCUT2D eigenvalue weighted by Gasteiger charge is -2.36. The van der Waals surface area contributed by atoms with E-state index in [2.05, 4.69) is 57.5 Å². The number of nitrogens with zero attached hydrogens (tertiary/aromatic N) is 4. The molecule has 1 aliphatic heterocycles. The van der Waals surface area contributed by atoms with Gasteiger partial charge in [0.1, 0.15) is 6.26 Å². The molecular weight excluding hydrogens is 358 g/mol. The van der Waals surface area contributed by atoms with Gasteiger partial charge in [0.25, 0.3) is 0 Å². The molecule has 0 unspecified atom stereocenters. The van der Waals surface area contributed by atoms with Gasteiger partial charge in [-0.3, -0.25) is 9.89 Å². The minimum absolute atomic E-state index is 0.856. The van der Waals surface area contributed by atoms with Gasteiger partial charge < -0.3 is 14.7 Å². The summed E-state index contributed by atoms with van der Waals surface area (Å²) < 4.78 is 4.92. The van der Waals surface area contributed by atoms with Crippen LogP contribution in [0.3, 0.4) is 0 Å². The predicted octanol–water partition coefficient (Wildman–Crippen LogP) is 2.94. The number of aromatic nitrogens is 1. The van der Waals surface area contributed by atoms with Gasteiger partial charge in [0.2, 0.25) is 0 Å². The third kappa shape index (κ3) is 6.59. The maximum absolute atomic E-state index is 4.92. The Balaban J connectivity index is 1.40. The van der Waals surface area contributed by atoms with Crippen LogP contribution >= 0.6 is 11.8 Å². The molecule has 3 rings (SSSR count). The highest BCUT2D eigenvalue weighted by Gasteiger charge is 2.20. The lowest BCUT2D eigenvalue weighted by molar-refractivity contribution is 0.169. The van der Waals surface area contributed by atoms with E-state index in [4.69, 9.17) is 9.52 Å². The Labute approximate surface area is 166 Å². The first kappa shape index (κ1) is 19.8. The van der Waals surface area contributed by atoms with Crippen LogP contribution in [0.4, 0.5) is 0 Å². The highest BCUT2D eigenvalue weighted by atomic mass is 32.2. The molecule has 27 heavy (non-hydrogen) atoms. The molecule has 1 fully saturated rings. The minimum Gasteiger partial charge on any atom is -0.364 e. The number of thioether (sulfide) groups is 1. The van der Waals surface area contributed by atoms with Crippen molar-refractivity contribution >= 4 is 17.7 Å². The van der Waals surface area contributed by atoms with Crippen molar-refractivity contribution in [2.24, 2.45) is 4.99 Å². The van der Waals surface area contributed by atoms with Crippen LogP contribution in [0.25, 0.3) is 0 Å². The molecule has 7 heteroatoms. The van der Waals surface area contributed by atoms with Crippen LogP contribution in [0.15, 0.2) is 57.1 Å². The van der Waals surface area contributed by atoms with Crippen LogP contribution in [0, 0.1) is 0 Å². The fourth-order valence-corrected chi connectivity index (χ4v) is 3.91. The molecule has 146 valence electrons. The topological polar surface area (TPSA) is 56.9 Å². The first-order valence-corrected chi connectivity index (χ1v) is 10.7. The van der Waals surface area contributed by atoms with Crippen molar-refractivity contribution in [3.8, 4) is 0 Å². The Bertz CT molecular complexity index is 669. The zero-order valence-corrected chi connectivity index (χ0v) is 16.8. The van der Waals surface area contributed by atoms with Crippen LogP contribution in [0.5, 0.6) is 0 Å². The Morgan fingerprint density at radius 3 is 2.70 bits per heavy atom. The summed E-state index contributed by atoms with van der Waals surface area (Å²) in [7, 11) is 0. The van der Waals surface area contributed by atoms with Crippen LogP contribution in [-0.4, -0.2) is 65.9 Å². The molecule has 0 amide bonds. The summed E-state index contributed by atoms with van der Waals surface area (Å²) in [4.78, 5) is 11.0. The highest BCUT2D eigenvalue weighted by Crippen LogP contribution is 2.17. The van der Waals surface area contributed by atoms with E-state index in [1.165, 1.54) is 4.90 Å². The highest BCUT2D eigenvalue weighted by molar-refractivity contribution is 7.99. The van der Waals surface area contributed by atoms with Crippen molar-refractivity contribution < 1.29 is 4.52 Å². The molecule has 1 aromatic heterocycles. The van der Waals surface area contributed by atoms with Crippen LogP contribution in [-0.2, 0) is 6.54 Å². The average Bonchev–Trinajstić information content (AvgIpc) is 3.21. The van der Waals surface area contributed by atoms with E-state index in [0.29, 0.717) is 0 Å². The SMILES string of the molecule is CCNC(=NCCCSc1ccccc1)N1CCN(Cc2ccon2)CC1. The van der Waals surface area contributed by atoms with Gasteiger partial charge in [-0.2, -0.15) is 0 Å². The van der Waals surface area contributed by atoms with Gasteiger partial charge in [-0.05, 0) is 31.2 Å². The van der Waals surface area contributed by atoms with Gasteiger partial charge in [-0.25, -0.2) is 0 Å². The van der Waals surface area contributed by atoms with Gasteiger partial charge in [-0.1, -0.05) is 23.4 Å². The molecule has 0 radical (unpaired) electrons. The normalized spacial score (nSPS) is 15.9. The Hall–Kier alpha value is -1.99. The second kappa shape index (κ2) is 11.0. The van der Waals surface area contributed by atoms with Crippen molar-refractivity contribution in [1.82, 2.24) is 20.3 Å². The molecule has 2 heterocycles. The third-order valence-corrected chi connectivity index (χ3v) is 5.56. The van der Waals surface area contributed by atoms with Crippen LogP contribution < -0.4 is 5.32 Å². The van der Waals surface area contributed by atoms with Gasteiger partial charge >= 0.3 is 0 Å². The molecule has 2 aromatic rings. The van der Waals surface area contributed by atoms with Crippen LogP contribution in [0.1, 0.15) is 19.0 Å². The predicted molar refractivity (Wildman–Crippen MR) is 111 cm³/mol. The number of rotatable bonds is 8. The Morgan fingerprint density at radius 1 is 1.19 bits per heavy atom. The molecule has 1 aromatic carbocycles. The maximum atomic E-state index is 4.92. The zero-order chi connectivity index (χ0) is 18.7. The first-order chi connectivity index (χ1) is 13.3. The molecule has 0 aliphatic carbocycles. The van der Waals surface area contributed by atoms with Gasteiger partial charge in [0.05, 0.1) is 5.69 Å². The smallest absolute Gasteiger partial charge is 0.194 e. The molecule has 0 bridgehead atoms. The Kier molecular flexibility index (Phi) is 8.04. The molecule has 1 saturated heterocycles. The zero-order valence-electron chi connectivity index (χ0n) is 16.0. The summed E-state index contributed by atoms with van der Waals surface area (Å²) in [6, 6.07) is 12.5. The second-order valence-corrected chi connectivity index (χ2v) is 7.67. The summed E-state index contributed by atoms with van der Waals surface area (Å²) in [6.07, 6.45) is 2.72. The second-order valence-electron chi connectivity index (χ2n) is 6.50. The number of aliphatic imine (C=N–C) groups is 1. The van der Waals surface area contributed by atoms with Gasteiger partial charge in [0.15, 0.2) is 5.96 Å². The first-order valence-electron chi connectivity index (χ1n) is 9.68. The van der Waals surface area contributed by atoms with E-state index >= 15 is 0 Å². The molecule has 1 N–H and O–H groups in total. The van der Waals surface area contributed by atoms with E-state index in [-0.39, 0.29) is 0 Å². The van der Waals surface area contributed by atoms with Crippen LogP contribution in [0.2, 0.25) is 0 Å². The summed E-state index contributed by atoms with van der Waals surface area (Å²) >= 11 is 1.90. The monoisotopic (exact) mass is 387 g/mol. The number of hydrogen-bond acceptors (Lipinski definition) is 5. The lowest BCUT2D eigenvalue weighted by Crippen LogP contribution is -2.52. The van der Waals surface area contributed by atoms with Gasteiger partial charge in [-0.15, -0.1) is 11.8 Å². The fraction of sp³-hybridized carbons (Fsp3) is 0.500. The van der Waals surface area contributed by atoms with E-state index in [1.807, 2.05) is 17.8 Å². The molecule has 0 saturated carbocycles. The quantitative estimate of drug-likeness (QED) is 0.325. The molecule has 6 nitrogen and oxygen atoms in total. The Morgan fingerprint density at radius 2 is 2.00 bits per heavy atom. The van der Waals surface area contributed by atoms with E-state index in [1.54, 1.807) is 6.26 Å². The number of benzene rings is 1. The van der Waals surface area contributed by atoms with Crippen molar-refractivity contribution in [3.05, 3.63) is 48.4 Å². The maximum Gasteiger partial charge on any atom is 0.194 e. The number of piperazine rings is 1. The van der Waals surface area contributed by atoms with E-state index in [9.17, 15) is 0 Å². The summed E-state index contributed by atoms with van der Waals surface area (Å²) in [6.45, 7) is 8.75. The molecular formula is C20H29N5OS. The summed E-state index contributed by atoms with van der Waals surface area (Å²) in [5, 5.41) is 7.45. The largest absolute Gasteiger partial charge is 0.364 e. The number of hydrogen-bond donors (Lipinski definition) is 1. The van der Waals surface area contributed by atoms with E-state index < -0.39 is 0 Å². The van der Waals surface area contributed by atoms with Crippen molar-refractivity contribution in [3.63, 3.8) is 0 Å². The molecule has 1 aliphatic rings.